The van der Waals surface area contributed by atoms with E-state index in [1.165, 1.54) is 12.1 Å². The first-order valence-electron chi connectivity index (χ1n) is 17.4. The second-order valence-corrected chi connectivity index (χ2v) is 18.0. The smallest absolute Gasteiger partial charge is 0.407 e. The Labute approximate surface area is 295 Å². The predicted octanol–water partition coefficient (Wildman–Crippen LogP) is 7.04. The quantitative estimate of drug-likeness (QED) is 0.289. The fourth-order valence-electron chi connectivity index (χ4n) is 8.39. The van der Waals surface area contributed by atoms with Crippen LogP contribution < -0.4 is 14.8 Å². The lowest BCUT2D eigenvalue weighted by Gasteiger charge is -2.62. The van der Waals surface area contributed by atoms with Crippen molar-refractivity contribution in [2.45, 2.75) is 116 Å². The fourth-order valence-corrected chi connectivity index (χ4v) is 9.38. The number of fused-ring (bicyclic) bond motifs is 4. The molecule has 1 atom stereocenters. The van der Waals surface area contributed by atoms with Crippen LogP contribution in [0.5, 0.6) is 5.88 Å². The maximum Gasteiger partial charge on any atom is 0.407 e. The van der Waals surface area contributed by atoms with Crippen LogP contribution in [-0.4, -0.2) is 65.6 Å². The Bertz CT molecular complexity index is 1890. The van der Waals surface area contributed by atoms with Crippen molar-refractivity contribution >= 4 is 28.0 Å². The van der Waals surface area contributed by atoms with Gasteiger partial charge in [0, 0.05) is 29.3 Å². The molecule has 2 heterocycles. The average molecular weight is 704 g/mol. The Kier molecular flexibility index (Phi) is 9.16. The molecule has 1 unspecified atom stereocenters. The van der Waals surface area contributed by atoms with Crippen LogP contribution in [0.3, 0.4) is 0 Å². The van der Waals surface area contributed by atoms with Gasteiger partial charge in [0.2, 0.25) is 11.8 Å². The second-order valence-electron chi connectivity index (χ2n) is 16.3. The van der Waals surface area contributed by atoms with E-state index in [4.69, 9.17) is 9.47 Å². The Morgan fingerprint density at radius 2 is 1.72 bits per heavy atom. The fraction of sp³-hybridized carbons (Fsp3) is 0.526. The molecule has 3 aromatic rings. The molecule has 4 bridgehead atoms. The van der Waals surface area contributed by atoms with E-state index in [9.17, 15) is 18.0 Å². The first-order chi connectivity index (χ1) is 23.4. The Hall–Kier alpha value is -4.19. The van der Waals surface area contributed by atoms with Gasteiger partial charge in [0.05, 0.1) is 22.2 Å². The van der Waals surface area contributed by atoms with Crippen molar-refractivity contribution in [1.29, 1.82) is 0 Å². The first kappa shape index (κ1) is 35.6. The van der Waals surface area contributed by atoms with Gasteiger partial charge in [0.1, 0.15) is 6.61 Å². The number of hydrogen-bond donors (Lipinski definition) is 2. The third kappa shape index (κ3) is 7.31. The van der Waals surface area contributed by atoms with Crippen molar-refractivity contribution in [1.82, 2.24) is 20.2 Å². The summed E-state index contributed by atoms with van der Waals surface area (Å²) in [6, 6.07) is 13.7. The zero-order chi connectivity index (χ0) is 36.2. The highest BCUT2D eigenvalue weighted by molar-refractivity contribution is 7.92. The van der Waals surface area contributed by atoms with Gasteiger partial charge in [-0.15, -0.1) is 0 Å². The standard InChI is InChI=1S/C38H49N5O6S/c1-23(2)49-35(45)39-27-17-38(18-27)19-28(20-38)43-33(44)26-13-10-14-29(15-26)50(46,47)42-34-40-30(32-24(3)11-9-12-25(32)4)16-31(41-34)48-22-37(43,8)21-36(5,6)7/h9-16,23,27-28H,17-22H2,1-8H3,(H,39,45)(H,40,41,42). The molecular formula is C38H49N5O6S. The highest BCUT2D eigenvalue weighted by Crippen LogP contribution is 2.58. The molecule has 2 N–H and O–H groups in total. The summed E-state index contributed by atoms with van der Waals surface area (Å²) < 4.78 is 41.9. The number of nitrogens with one attached hydrogen (secondary N) is 2. The van der Waals surface area contributed by atoms with Gasteiger partial charge in [0.25, 0.3) is 15.9 Å². The van der Waals surface area contributed by atoms with E-state index in [1.807, 2.05) is 50.8 Å². The Morgan fingerprint density at radius 3 is 2.36 bits per heavy atom. The van der Waals surface area contributed by atoms with E-state index in [-0.39, 0.29) is 63.8 Å². The summed E-state index contributed by atoms with van der Waals surface area (Å²) in [6.07, 6.45) is 3.18. The van der Waals surface area contributed by atoms with E-state index in [1.54, 1.807) is 18.2 Å². The van der Waals surface area contributed by atoms with Crippen LogP contribution in [0.2, 0.25) is 0 Å². The maximum absolute atomic E-state index is 14.7. The molecule has 1 spiro atoms. The molecule has 0 radical (unpaired) electrons. The number of aryl methyl sites for hydroxylation is 2. The van der Waals surface area contributed by atoms with Gasteiger partial charge in [0.15, 0.2) is 0 Å². The van der Waals surface area contributed by atoms with Gasteiger partial charge in [-0.3, -0.25) is 4.79 Å². The largest absolute Gasteiger partial charge is 0.475 e. The number of amides is 2. The summed E-state index contributed by atoms with van der Waals surface area (Å²) >= 11 is 0. The van der Waals surface area contributed by atoms with Crippen molar-refractivity contribution in [2.24, 2.45) is 10.8 Å². The first-order valence-corrected chi connectivity index (χ1v) is 18.9. The molecule has 2 aromatic carbocycles. The van der Waals surface area contributed by atoms with E-state index < -0.39 is 21.7 Å². The van der Waals surface area contributed by atoms with Gasteiger partial charge in [-0.2, -0.15) is 4.98 Å². The molecule has 50 heavy (non-hydrogen) atoms. The van der Waals surface area contributed by atoms with Crippen molar-refractivity contribution in [3.63, 3.8) is 0 Å². The molecule has 11 nitrogen and oxygen atoms in total. The van der Waals surface area contributed by atoms with Gasteiger partial charge < -0.3 is 19.7 Å². The Morgan fingerprint density at radius 1 is 1.06 bits per heavy atom. The molecule has 6 rings (SSSR count). The number of carbonyl (C=O) groups excluding carboxylic acids is 2. The van der Waals surface area contributed by atoms with Crippen LogP contribution in [0.4, 0.5) is 10.7 Å². The molecule has 12 heteroatoms. The third-order valence-electron chi connectivity index (χ3n) is 10.0. The number of ether oxygens (including phenoxy) is 2. The molecule has 1 aromatic heterocycles. The van der Waals surface area contributed by atoms with Crippen molar-refractivity contribution in [3.05, 3.63) is 65.2 Å². The number of alkyl carbamates (subject to hydrolysis) is 1. The van der Waals surface area contributed by atoms with E-state index in [0.717, 1.165) is 42.4 Å². The van der Waals surface area contributed by atoms with Crippen LogP contribution in [-0.2, 0) is 14.8 Å². The highest BCUT2D eigenvalue weighted by Gasteiger charge is 2.58. The molecule has 1 aliphatic heterocycles. The number of hydrogen-bond acceptors (Lipinski definition) is 8. The minimum absolute atomic E-state index is 0.0162. The predicted molar refractivity (Wildman–Crippen MR) is 192 cm³/mol. The topological polar surface area (TPSA) is 140 Å². The number of anilines is 1. The lowest BCUT2D eigenvalue weighted by atomic mass is 9.51. The molecule has 2 aliphatic carbocycles. The zero-order valence-electron chi connectivity index (χ0n) is 30.3. The van der Waals surface area contributed by atoms with Crippen LogP contribution in [0.15, 0.2) is 53.4 Å². The monoisotopic (exact) mass is 703 g/mol. The van der Waals surface area contributed by atoms with Crippen molar-refractivity contribution in [3.8, 4) is 17.1 Å². The van der Waals surface area contributed by atoms with Crippen LogP contribution >= 0.6 is 0 Å². The maximum atomic E-state index is 14.7. The van der Waals surface area contributed by atoms with Crippen LogP contribution in [0, 0.1) is 24.7 Å². The lowest BCUT2D eigenvalue weighted by molar-refractivity contribution is -0.0992. The van der Waals surface area contributed by atoms with Crippen LogP contribution in [0.1, 0.15) is 95.1 Å². The summed E-state index contributed by atoms with van der Waals surface area (Å²) in [5, 5.41) is 2.98. The SMILES string of the molecule is Cc1cccc(C)c1-c1cc2nc(n1)NS(=O)(=O)c1cccc(c1)C(=O)N(C1CC3(CC(NC(=O)OC(C)C)C3)C1)C(C)(CC(C)(C)C)CO2. The summed E-state index contributed by atoms with van der Waals surface area (Å²) in [5.41, 5.74) is 2.66. The average Bonchev–Trinajstić information content (AvgIpc) is 2.96. The molecule has 2 amide bonds. The number of benzene rings is 2. The molecule has 268 valence electrons. The molecular weight excluding hydrogens is 655 g/mol. The summed E-state index contributed by atoms with van der Waals surface area (Å²) in [5.74, 6) is -0.156. The lowest BCUT2D eigenvalue weighted by Crippen LogP contribution is -2.67. The normalized spacial score (nSPS) is 25.9. The van der Waals surface area contributed by atoms with Gasteiger partial charge in [-0.05, 0) is 107 Å². The second kappa shape index (κ2) is 12.9. The third-order valence-corrected chi connectivity index (χ3v) is 11.4. The Balaban J connectivity index is 1.39. The van der Waals surface area contributed by atoms with Gasteiger partial charge in [-0.1, -0.05) is 45.0 Å². The molecule has 0 saturated heterocycles. The number of carbonyl (C=O) groups is 2. The molecule has 2 fully saturated rings. The number of sulfonamides is 1. The summed E-state index contributed by atoms with van der Waals surface area (Å²) in [6.45, 7) is 16.2. The summed E-state index contributed by atoms with van der Waals surface area (Å²) in [4.78, 5) is 38.0. The summed E-state index contributed by atoms with van der Waals surface area (Å²) in [7, 11) is -4.17. The van der Waals surface area contributed by atoms with E-state index >= 15 is 0 Å². The molecule has 2 saturated carbocycles. The van der Waals surface area contributed by atoms with E-state index in [0.29, 0.717) is 12.1 Å². The zero-order valence-corrected chi connectivity index (χ0v) is 31.1. The number of aromatic nitrogens is 2. The number of nitrogens with zero attached hydrogens (tertiary/aromatic N) is 3. The van der Waals surface area contributed by atoms with Crippen LogP contribution in [0.25, 0.3) is 11.3 Å². The van der Waals surface area contributed by atoms with Crippen molar-refractivity contribution < 1.29 is 27.5 Å². The van der Waals surface area contributed by atoms with Gasteiger partial charge >= 0.3 is 6.09 Å². The number of rotatable bonds is 5. The highest BCUT2D eigenvalue weighted by atomic mass is 32.2. The molecule has 3 aliphatic rings. The van der Waals surface area contributed by atoms with Crippen molar-refractivity contribution in [2.75, 3.05) is 11.3 Å². The minimum atomic E-state index is -4.17. The minimum Gasteiger partial charge on any atom is -0.475 e. The van der Waals surface area contributed by atoms with Gasteiger partial charge in [-0.25, -0.2) is 22.9 Å². The van der Waals surface area contributed by atoms with E-state index in [2.05, 4.69) is 47.7 Å².